The molecule has 1 aliphatic rings. The standard InChI is InChI=1S/C15H18N4O3.ClH/c1-10-8-16-6-7-18(10)13(20)9-19-14(21)11-4-2-3-5-12(11)17-15(19)22;/h2-5,10,16H,6-9H2,1H3,(H,17,22);1H/t10-;/m1./s1. The molecule has 3 rings (SSSR count). The summed E-state index contributed by atoms with van der Waals surface area (Å²) >= 11 is 0. The number of aromatic nitrogens is 2. The molecule has 1 aliphatic heterocycles. The molecule has 0 unspecified atom stereocenters. The summed E-state index contributed by atoms with van der Waals surface area (Å²) in [6.45, 7) is 3.73. The average Bonchev–Trinajstić information content (AvgIpc) is 2.51. The zero-order valence-corrected chi connectivity index (χ0v) is 13.6. The first-order valence-corrected chi connectivity index (χ1v) is 7.30. The lowest BCUT2D eigenvalue weighted by molar-refractivity contribution is -0.134. The van der Waals surface area contributed by atoms with Gasteiger partial charge in [-0.3, -0.25) is 14.2 Å². The second-order valence-corrected chi connectivity index (χ2v) is 5.51. The molecule has 0 aliphatic carbocycles. The van der Waals surface area contributed by atoms with Crippen LogP contribution < -0.4 is 16.6 Å². The van der Waals surface area contributed by atoms with Crippen LogP contribution in [0.3, 0.4) is 0 Å². The van der Waals surface area contributed by atoms with Gasteiger partial charge in [0.05, 0.1) is 10.9 Å². The lowest BCUT2D eigenvalue weighted by atomic mass is 10.2. The zero-order valence-electron chi connectivity index (χ0n) is 12.7. The number of halogens is 1. The Morgan fingerprint density at radius 2 is 2.04 bits per heavy atom. The average molecular weight is 339 g/mol. The predicted molar refractivity (Wildman–Crippen MR) is 90.1 cm³/mol. The molecular formula is C15H19ClN4O3. The third kappa shape index (κ3) is 3.30. The highest BCUT2D eigenvalue weighted by Gasteiger charge is 2.24. The maximum absolute atomic E-state index is 12.4. The number of nitrogens with zero attached hydrogens (tertiary/aromatic N) is 2. The van der Waals surface area contributed by atoms with E-state index in [2.05, 4.69) is 10.3 Å². The van der Waals surface area contributed by atoms with Gasteiger partial charge in [-0.15, -0.1) is 12.4 Å². The van der Waals surface area contributed by atoms with Crippen molar-refractivity contribution in [3.63, 3.8) is 0 Å². The molecule has 1 saturated heterocycles. The molecule has 0 bridgehead atoms. The summed E-state index contributed by atoms with van der Waals surface area (Å²) in [6, 6.07) is 6.84. The molecule has 23 heavy (non-hydrogen) atoms. The topological polar surface area (TPSA) is 87.2 Å². The number of aromatic amines is 1. The highest BCUT2D eigenvalue weighted by molar-refractivity contribution is 5.85. The minimum atomic E-state index is -0.556. The number of fused-ring (bicyclic) bond motifs is 1. The van der Waals surface area contributed by atoms with Gasteiger partial charge >= 0.3 is 5.69 Å². The molecule has 1 aromatic heterocycles. The number of hydrogen-bond acceptors (Lipinski definition) is 4. The minimum absolute atomic E-state index is 0. The first-order chi connectivity index (χ1) is 10.6. The second-order valence-electron chi connectivity index (χ2n) is 5.51. The van der Waals surface area contributed by atoms with Crippen LogP contribution in [0.1, 0.15) is 6.92 Å². The molecule has 7 nitrogen and oxygen atoms in total. The van der Waals surface area contributed by atoms with Crippen LogP contribution in [0.25, 0.3) is 10.9 Å². The number of amides is 1. The summed E-state index contributed by atoms with van der Waals surface area (Å²) in [5.74, 6) is -0.211. The van der Waals surface area contributed by atoms with Gasteiger partial charge in [-0.25, -0.2) is 4.79 Å². The van der Waals surface area contributed by atoms with Gasteiger partial charge in [0.1, 0.15) is 6.54 Å². The molecule has 0 spiro atoms. The maximum atomic E-state index is 12.4. The van der Waals surface area contributed by atoms with Crippen LogP contribution in [0.15, 0.2) is 33.9 Å². The van der Waals surface area contributed by atoms with Crippen molar-refractivity contribution in [2.75, 3.05) is 19.6 Å². The normalized spacial score (nSPS) is 17.8. The monoisotopic (exact) mass is 338 g/mol. The van der Waals surface area contributed by atoms with Gasteiger partial charge in [-0.05, 0) is 19.1 Å². The van der Waals surface area contributed by atoms with E-state index in [1.54, 1.807) is 29.2 Å². The van der Waals surface area contributed by atoms with E-state index in [9.17, 15) is 14.4 Å². The summed E-state index contributed by atoms with van der Waals surface area (Å²) in [7, 11) is 0. The van der Waals surface area contributed by atoms with Crippen molar-refractivity contribution in [1.29, 1.82) is 0 Å². The minimum Gasteiger partial charge on any atom is -0.336 e. The van der Waals surface area contributed by atoms with Gasteiger partial charge in [0, 0.05) is 25.7 Å². The van der Waals surface area contributed by atoms with Crippen molar-refractivity contribution in [2.45, 2.75) is 19.5 Å². The van der Waals surface area contributed by atoms with Crippen molar-refractivity contribution in [3.05, 3.63) is 45.1 Å². The number of H-pyrrole nitrogens is 1. The van der Waals surface area contributed by atoms with Crippen molar-refractivity contribution in [3.8, 4) is 0 Å². The highest BCUT2D eigenvalue weighted by atomic mass is 35.5. The van der Waals surface area contributed by atoms with E-state index in [0.29, 0.717) is 24.0 Å². The highest BCUT2D eigenvalue weighted by Crippen LogP contribution is 2.05. The van der Waals surface area contributed by atoms with Crippen molar-refractivity contribution in [1.82, 2.24) is 19.8 Å². The van der Waals surface area contributed by atoms with Gasteiger partial charge in [-0.2, -0.15) is 0 Å². The summed E-state index contributed by atoms with van der Waals surface area (Å²) in [6.07, 6.45) is 0. The lowest BCUT2D eigenvalue weighted by Gasteiger charge is -2.34. The van der Waals surface area contributed by atoms with Crippen LogP contribution >= 0.6 is 12.4 Å². The Labute approximate surface area is 138 Å². The summed E-state index contributed by atoms with van der Waals surface area (Å²) in [4.78, 5) is 41.2. The molecule has 8 heteroatoms. The van der Waals surface area contributed by atoms with Crippen LogP contribution in [0.5, 0.6) is 0 Å². The molecule has 0 saturated carbocycles. The lowest BCUT2D eigenvalue weighted by Crippen LogP contribution is -2.54. The van der Waals surface area contributed by atoms with Crippen LogP contribution in [-0.4, -0.2) is 46.0 Å². The molecule has 1 aromatic carbocycles. The van der Waals surface area contributed by atoms with Gasteiger partial charge in [0.25, 0.3) is 5.56 Å². The molecule has 124 valence electrons. The number of nitrogens with one attached hydrogen (secondary N) is 2. The van der Waals surface area contributed by atoms with Crippen LogP contribution in [-0.2, 0) is 11.3 Å². The third-order valence-electron chi connectivity index (χ3n) is 4.00. The Bertz CT molecular complexity index is 829. The largest absolute Gasteiger partial charge is 0.336 e. The van der Waals surface area contributed by atoms with Crippen molar-refractivity contribution >= 4 is 29.2 Å². The van der Waals surface area contributed by atoms with Crippen LogP contribution in [0.2, 0.25) is 0 Å². The maximum Gasteiger partial charge on any atom is 0.329 e. The number of benzene rings is 1. The van der Waals surface area contributed by atoms with E-state index >= 15 is 0 Å². The fourth-order valence-corrected chi connectivity index (χ4v) is 2.78. The van der Waals surface area contributed by atoms with Crippen molar-refractivity contribution < 1.29 is 4.79 Å². The van der Waals surface area contributed by atoms with Crippen LogP contribution in [0, 0.1) is 0 Å². The SMILES string of the molecule is C[C@@H]1CNCCN1C(=O)Cn1c(=O)[nH]c2ccccc2c1=O.Cl. The number of rotatable bonds is 2. The fraction of sp³-hybridized carbons (Fsp3) is 0.400. The number of carbonyl (C=O) groups excluding carboxylic acids is 1. The number of hydrogen-bond donors (Lipinski definition) is 2. The summed E-state index contributed by atoms with van der Waals surface area (Å²) in [5.41, 5.74) is -0.507. The Morgan fingerprint density at radius 1 is 1.30 bits per heavy atom. The Morgan fingerprint density at radius 3 is 2.78 bits per heavy atom. The molecule has 2 heterocycles. The quantitative estimate of drug-likeness (QED) is 0.802. The van der Waals surface area contributed by atoms with Gasteiger partial charge in [0.2, 0.25) is 5.91 Å². The Kier molecular flexibility index (Phi) is 5.23. The molecule has 1 fully saturated rings. The number of carbonyl (C=O) groups is 1. The van der Waals surface area contributed by atoms with Crippen LogP contribution in [0.4, 0.5) is 0 Å². The zero-order chi connectivity index (χ0) is 15.7. The van der Waals surface area contributed by atoms with E-state index in [4.69, 9.17) is 0 Å². The third-order valence-corrected chi connectivity index (χ3v) is 4.00. The molecule has 2 N–H and O–H groups in total. The van der Waals surface area contributed by atoms with Gasteiger partial charge < -0.3 is 15.2 Å². The van der Waals surface area contributed by atoms with E-state index < -0.39 is 11.2 Å². The first-order valence-electron chi connectivity index (χ1n) is 7.30. The fourth-order valence-electron chi connectivity index (χ4n) is 2.78. The molecule has 2 aromatic rings. The first kappa shape index (κ1) is 17.2. The molecular weight excluding hydrogens is 320 g/mol. The Balaban J connectivity index is 0.00000192. The molecule has 1 atom stereocenters. The second kappa shape index (κ2) is 6.97. The number of para-hydroxylation sites is 1. The Hall–Kier alpha value is -2.12. The predicted octanol–water partition coefficient (Wildman–Crippen LogP) is -0.0681. The van der Waals surface area contributed by atoms with Crippen molar-refractivity contribution in [2.24, 2.45) is 0 Å². The van der Waals surface area contributed by atoms with E-state index in [1.165, 1.54) is 0 Å². The summed E-state index contributed by atoms with van der Waals surface area (Å²) < 4.78 is 0.972. The van der Waals surface area contributed by atoms with E-state index in [0.717, 1.165) is 11.1 Å². The molecule has 0 radical (unpaired) electrons. The van der Waals surface area contributed by atoms with Gasteiger partial charge in [0.15, 0.2) is 0 Å². The summed E-state index contributed by atoms with van der Waals surface area (Å²) in [5, 5.41) is 3.61. The number of piperazine rings is 1. The van der Waals surface area contributed by atoms with E-state index in [-0.39, 0.29) is 30.9 Å². The smallest absolute Gasteiger partial charge is 0.329 e. The van der Waals surface area contributed by atoms with E-state index in [1.807, 2.05) is 6.92 Å². The van der Waals surface area contributed by atoms with Gasteiger partial charge in [-0.1, -0.05) is 12.1 Å². The molecule has 1 amide bonds.